The summed E-state index contributed by atoms with van der Waals surface area (Å²) in [7, 11) is 0. The molecule has 2 unspecified atom stereocenters. The zero-order valence-electron chi connectivity index (χ0n) is 13.7. The Hall–Kier alpha value is -0.120. The molecule has 2 fully saturated rings. The van der Waals surface area contributed by atoms with Crippen molar-refractivity contribution in [1.29, 1.82) is 0 Å². The number of rotatable bonds is 6. The van der Waals surface area contributed by atoms with Crippen LogP contribution in [-0.2, 0) is 4.74 Å². The zero-order chi connectivity index (χ0) is 14.6. The summed E-state index contributed by atoms with van der Waals surface area (Å²) in [6.07, 6.45) is 9.90. The molecule has 0 spiro atoms. The Kier molecular flexibility index (Phi) is 5.88. The number of ether oxygens (including phenoxy) is 1. The van der Waals surface area contributed by atoms with Crippen LogP contribution in [0.1, 0.15) is 65.7 Å². The van der Waals surface area contributed by atoms with Crippen LogP contribution in [0, 0.1) is 5.92 Å². The highest BCUT2D eigenvalue weighted by molar-refractivity contribution is 4.96. The summed E-state index contributed by atoms with van der Waals surface area (Å²) in [6.45, 7) is 9.78. The number of hydrogen-bond acceptors (Lipinski definition) is 3. The third-order valence-electron chi connectivity index (χ3n) is 5.79. The Morgan fingerprint density at radius 3 is 2.30 bits per heavy atom. The third kappa shape index (κ3) is 3.55. The summed E-state index contributed by atoms with van der Waals surface area (Å²) in [4.78, 5) is 2.64. The van der Waals surface area contributed by atoms with E-state index in [1.165, 1.54) is 44.9 Å². The lowest BCUT2D eigenvalue weighted by molar-refractivity contribution is -0.0169. The van der Waals surface area contributed by atoms with Crippen LogP contribution in [0.15, 0.2) is 0 Å². The van der Waals surface area contributed by atoms with Crippen LogP contribution in [0.4, 0.5) is 0 Å². The van der Waals surface area contributed by atoms with Gasteiger partial charge >= 0.3 is 0 Å². The van der Waals surface area contributed by atoms with Crippen molar-refractivity contribution in [1.82, 2.24) is 4.90 Å². The lowest BCUT2D eigenvalue weighted by Crippen LogP contribution is -2.57. The minimum absolute atomic E-state index is 0.246. The van der Waals surface area contributed by atoms with Gasteiger partial charge in [0.25, 0.3) is 0 Å². The molecule has 0 aromatic heterocycles. The number of nitrogens with zero attached hydrogens (tertiary/aromatic N) is 1. The first kappa shape index (κ1) is 16.3. The van der Waals surface area contributed by atoms with Crippen molar-refractivity contribution in [3.8, 4) is 0 Å². The van der Waals surface area contributed by atoms with Gasteiger partial charge in [-0.05, 0) is 57.9 Å². The molecule has 1 aliphatic carbocycles. The Morgan fingerprint density at radius 2 is 1.85 bits per heavy atom. The van der Waals surface area contributed by atoms with Crippen molar-refractivity contribution in [2.75, 3.05) is 19.6 Å². The summed E-state index contributed by atoms with van der Waals surface area (Å²) in [6, 6.07) is 0. The first-order valence-corrected chi connectivity index (χ1v) is 8.74. The highest BCUT2D eigenvalue weighted by atomic mass is 16.5. The fourth-order valence-corrected chi connectivity index (χ4v) is 4.20. The van der Waals surface area contributed by atoms with Crippen molar-refractivity contribution in [2.24, 2.45) is 11.7 Å². The highest BCUT2D eigenvalue weighted by Crippen LogP contribution is 2.38. The van der Waals surface area contributed by atoms with Gasteiger partial charge in [-0.25, -0.2) is 0 Å². The van der Waals surface area contributed by atoms with E-state index in [2.05, 4.69) is 25.7 Å². The van der Waals surface area contributed by atoms with E-state index in [4.69, 9.17) is 10.5 Å². The summed E-state index contributed by atoms with van der Waals surface area (Å²) < 4.78 is 6.03. The average molecular weight is 282 g/mol. The normalized spacial score (nSPS) is 38.5. The molecule has 0 aromatic rings. The summed E-state index contributed by atoms with van der Waals surface area (Å²) in [5.41, 5.74) is 6.47. The fourth-order valence-electron chi connectivity index (χ4n) is 4.20. The van der Waals surface area contributed by atoms with Crippen LogP contribution in [0.25, 0.3) is 0 Å². The number of nitrogens with two attached hydrogens (primary N) is 1. The van der Waals surface area contributed by atoms with Gasteiger partial charge < -0.3 is 10.5 Å². The van der Waals surface area contributed by atoms with Crippen LogP contribution in [0.5, 0.6) is 0 Å². The number of likely N-dealkylation sites (N-methyl/N-ethyl adjacent to an activating group) is 1. The Morgan fingerprint density at radius 1 is 1.15 bits per heavy atom. The fraction of sp³-hybridized carbons (Fsp3) is 1.00. The molecule has 0 bridgehead atoms. The monoisotopic (exact) mass is 282 g/mol. The SMILES string of the molecule is CCC1CCC(CN)(N(CC)CC2CCC(C)O2)CC1. The molecule has 1 heterocycles. The van der Waals surface area contributed by atoms with Crippen LogP contribution >= 0.6 is 0 Å². The average Bonchev–Trinajstić information content (AvgIpc) is 2.90. The molecular weight excluding hydrogens is 248 g/mol. The van der Waals surface area contributed by atoms with Crippen molar-refractivity contribution >= 4 is 0 Å². The molecule has 1 aliphatic heterocycles. The molecule has 118 valence electrons. The molecule has 20 heavy (non-hydrogen) atoms. The van der Waals surface area contributed by atoms with E-state index >= 15 is 0 Å². The van der Waals surface area contributed by atoms with Crippen molar-refractivity contribution in [3.63, 3.8) is 0 Å². The van der Waals surface area contributed by atoms with Crippen molar-refractivity contribution in [2.45, 2.75) is 83.5 Å². The van der Waals surface area contributed by atoms with Crippen LogP contribution in [0.2, 0.25) is 0 Å². The molecule has 0 radical (unpaired) electrons. The first-order valence-electron chi connectivity index (χ1n) is 8.74. The summed E-state index contributed by atoms with van der Waals surface area (Å²) in [5, 5.41) is 0. The van der Waals surface area contributed by atoms with E-state index in [9.17, 15) is 0 Å². The topological polar surface area (TPSA) is 38.5 Å². The van der Waals surface area contributed by atoms with Crippen molar-refractivity contribution < 1.29 is 4.74 Å². The molecule has 1 saturated heterocycles. The third-order valence-corrected chi connectivity index (χ3v) is 5.79. The van der Waals surface area contributed by atoms with Gasteiger partial charge in [0.15, 0.2) is 0 Å². The van der Waals surface area contributed by atoms with Gasteiger partial charge in [-0.2, -0.15) is 0 Å². The van der Waals surface area contributed by atoms with Gasteiger partial charge in [-0.3, -0.25) is 4.90 Å². The maximum Gasteiger partial charge on any atom is 0.0706 e. The van der Waals surface area contributed by atoms with E-state index in [0.29, 0.717) is 12.2 Å². The maximum absolute atomic E-state index is 6.22. The predicted molar refractivity (Wildman–Crippen MR) is 84.9 cm³/mol. The molecule has 1 saturated carbocycles. The quantitative estimate of drug-likeness (QED) is 0.813. The van der Waals surface area contributed by atoms with Crippen molar-refractivity contribution in [3.05, 3.63) is 0 Å². The Bertz CT molecular complexity index is 287. The molecule has 3 nitrogen and oxygen atoms in total. The summed E-state index contributed by atoms with van der Waals surface area (Å²) >= 11 is 0. The largest absolute Gasteiger partial charge is 0.374 e. The van der Waals surface area contributed by atoms with Gasteiger partial charge in [0.1, 0.15) is 0 Å². The lowest BCUT2D eigenvalue weighted by atomic mass is 9.74. The molecule has 2 atom stereocenters. The van der Waals surface area contributed by atoms with Gasteiger partial charge in [0.2, 0.25) is 0 Å². The number of hydrogen-bond donors (Lipinski definition) is 1. The Labute approximate surface area is 125 Å². The van der Waals surface area contributed by atoms with E-state index in [0.717, 1.165) is 25.6 Å². The van der Waals surface area contributed by atoms with Crippen LogP contribution in [0.3, 0.4) is 0 Å². The smallest absolute Gasteiger partial charge is 0.0706 e. The second-order valence-electron chi connectivity index (χ2n) is 6.96. The standard InChI is InChI=1S/C17H34N2O/c1-4-15-8-10-17(13-18,11-9-15)19(5-2)12-16-7-6-14(3)20-16/h14-16H,4-13,18H2,1-3H3. The second-order valence-corrected chi connectivity index (χ2v) is 6.96. The molecule has 2 rings (SSSR count). The van der Waals surface area contributed by atoms with Crippen LogP contribution in [-0.4, -0.2) is 42.3 Å². The predicted octanol–water partition coefficient (Wildman–Crippen LogP) is 3.17. The zero-order valence-corrected chi connectivity index (χ0v) is 13.7. The Balaban J connectivity index is 1.96. The first-order chi connectivity index (χ1) is 9.63. The van der Waals surface area contributed by atoms with Gasteiger partial charge in [-0.15, -0.1) is 0 Å². The van der Waals surface area contributed by atoms with Gasteiger partial charge in [-0.1, -0.05) is 20.3 Å². The summed E-state index contributed by atoms with van der Waals surface area (Å²) in [5.74, 6) is 0.927. The van der Waals surface area contributed by atoms with Crippen LogP contribution < -0.4 is 5.73 Å². The maximum atomic E-state index is 6.22. The highest BCUT2D eigenvalue weighted by Gasteiger charge is 2.39. The van der Waals surface area contributed by atoms with E-state index in [1.54, 1.807) is 0 Å². The van der Waals surface area contributed by atoms with E-state index < -0.39 is 0 Å². The molecule has 2 aliphatic rings. The van der Waals surface area contributed by atoms with Gasteiger partial charge in [0, 0.05) is 18.6 Å². The molecule has 3 heteroatoms. The second kappa shape index (κ2) is 7.24. The molecule has 0 aromatic carbocycles. The molecule has 0 amide bonds. The van der Waals surface area contributed by atoms with Gasteiger partial charge in [0.05, 0.1) is 12.2 Å². The minimum Gasteiger partial charge on any atom is -0.374 e. The van der Waals surface area contributed by atoms with E-state index in [1.807, 2.05) is 0 Å². The minimum atomic E-state index is 0.246. The lowest BCUT2D eigenvalue weighted by Gasteiger charge is -2.48. The molecular formula is C17H34N2O. The van der Waals surface area contributed by atoms with E-state index in [-0.39, 0.29) is 5.54 Å². The molecule has 2 N–H and O–H groups in total.